The minimum absolute atomic E-state index is 0.0307. The SMILES string of the molecule is CC(C)(C)OC(=O)N1CCCCC1CNc1cccc(CO)c1. The first-order chi connectivity index (χ1) is 10.9. The van der Waals surface area contributed by atoms with Gasteiger partial charge in [-0.15, -0.1) is 0 Å². The van der Waals surface area contributed by atoms with E-state index in [4.69, 9.17) is 4.74 Å². The molecule has 0 bridgehead atoms. The van der Waals surface area contributed by atoms with Gasteiger partial charge in [0.1, 0.15) is 5.60 Å². The van der Waals surface area contributed by atoms with Crippen LogP contribution in [0.3, 0.4) is 0 Å². The van der Waals surface area contributed by atoms with Gasteiger partial charge in [-0.25, -0.2) is 4.79 Å². The molecule has 0 spiro atoms. The Morgan fingerprint density at radius 1 is 1.39 bits per heavy atom. The van der Waals surface area contributed by atoms with Gasteiger partial charge in [0.2, 0.25) is 0 Å². The standard InChI is InChI=1S/C18H28N2O3/c1-18(2,3)23-17(22)20-10-5-4-9-16(20)12-19-15-8-6-7-14(11-15)13-21/h6-8,11,16,19,21H,4-5,9-10,12-13H2,1-3H3. The minimum atomic E-state index is -0.470. The Bertz CT molecular complexity index is 525. The molecular weight excluding hydrogens is 292 g/mol. The monoisotopic (exact) mass is 320 g/mol. The number of rotatable bonds is 4. The number of ether oxygens (including phenoxy) is 1. The van der Waals surface area contributed by atoms with Crippen LogP contribution in [0.1, 0.15) is 45.6 Å². The van der Waals surface area contributed by atoms with Gasteiger partial charge in [-0.1, -0.05) is 12.1 Å². The van der Waals surface area contributed by atoms with Gasteiger partial charge in [0, 0.05) is 18.8 Å². The predicted octanol–water partition coefficient (Wildman–Crippen LogP) is 3.38. The number of carbonyl (C=O) groups excluding carboxylic acids is 1. The number of aliphatic hydroxyl groups excluding tert-OH is 1. The van der Waals surface area contributed by atoms with Crippen molar-refractivity contribution in [1.82, 2.24) is 4.90 Å². The lowest BCUT2D eigenvalue weighted by Gasteiger charge is -2.37. The molecule has 1 fully saturated rings. The molecule has 5 heteroatoms. The first-order valence-corrected chi connectivity index (χ1v) is 8.32. The minimum Gasteiger partial charge on any atom is -0.444 e. The van der Waals surface area contributed by atoms with Gasteiger partial charge < -0.3 is 20.1 Å². The lowest BCUT2D eigenvalue weighted by Crippen LogP contribution is -2.48. The number of anilines is 1. The van der Waals surface area contributed by atoms with E-state index in [9.17, 15) is 9.90 Å². The van der Waals surface area contributed by atoms with Crippen LogP contribution >= 0.6 is 0 Å². The molecule has 1 aromatic rings. The van der Waals surface area contributed by atoms with Crippen molar-refractivity contribution in [2.45, 2.75) is 58.3 Å². The Hall–Kier alpha value is -1.75. The largest absolute Gasteiger partial charge is 0.444 e. The van der Waals surface area contributed by atoms with Gasteiger partial charge in [0.25, 0.3) is 0 Å². The third kappa shape index (κ3) is 5.43. The van der Waals surface area contributed by atoms with Crippen molar-refractivity contribution in [1.29, 1.82) is 0 Å². The highest BCUT2D eigenvalue weighted by molar-refractivity contribution is 5.68. The molecule has 1 aromatic carbocycles. The molecule has 5 nitrogen and oxygen atoms in total. The summed E-state index contributed by atoms with van der Waals surface area (Å²) in [5.74, 6) is 0. The smallest absolute Gasteiger partial charge is 0.410 e. The summed E-state index contributed by atoms with van der Waals surface area (Å²) in [6, 6.07) is 7.84. The van der Waals surface area contributed by atoms with Crippen LogP contribution in [0.2, 0.25) is 0 Å². The number of aliphatic hydroxyl groups is 1. The molecular formula is C18H28N2O3. The van der Waals surface area contributed by atoms with Crippen LogP contribution in [0, 0.1) is 0 Å². The van der Waals surface area contributed by atoms with Crippen LogP contribution in [0.5, 0.6) is 0 Å². The van der Waals surface area contributed by atoms with Crippen LogP contribution in [-0.2, 0) is 11.3 Å². The fourth-order valence-corrected chi connectivity index (χ4v) is 2.79. The first kappa shape index (κ1) is 17.6. The van der Waals surface area contributed by atoms with E-state index in [-0.39, 0.29) is 18.7 Å². The zero-order valence-corrected chi connectivity index (χ0v) is 14.3. The van der Waals surface area contributed by atoms with Crippen molar-refractivity contribution in [3.05, 3.63) is 29.8 Å². The molecule has 1 unspecified atom stereocenters. The van der Waals surface area contributed by atoms with Crippen LogP contribution in [0.15, 0.2) is 24.3 Å². The van der Waals surface area contributed by atoms with E-state index in [0.717, 1.165) is 37.1 Å². The van der Waals surface area contributed by atoms with Gasteiger partial charge in [0.05, 0.1) is 12.6 Å². The van der Waals surface area contributed by atoms with E-state index in [2.05, 4.69) is 5.32 Å². The average Bonchev–Trinajstić information content (AvgIpc) is 2.52. The molecule has 0 aliphatic carbocycles. The van der Waals surface area contributed by atoms with Crippen LogP contribution in [-0.4, -0.2) is 40.8 Å². The van der Waals surface area contributed by atoms with Crippen LogP contribution < -0.4 is 5.32 Å². The molecule has 1 heterocycles. The van der Waals surface area contributed by atoms with Crippen LogP contribution in [0.4, 0.5) is 10.5 Å². The second-order valence-corrected chi connectivity index (χ2v) is 7.06. The van der Waals surface area contributed by atoms with Gasteiger partial charge >= 0.3 is 6.09 Å². The van der Waals surface area contributed by atoms with E-state index in [1.807, 2.05) is 49.9 Å². The molecule has 0 saturated carbocycles. The molecule has 128 valence electrons. The quantitative estimate of drug-likeness (QED) is 0.893. The Labute approximate surface area is 138 Å². The molecule has 2 rings (SSSR count). The summed E-state index contributed by atoms with van der Waals surface area (Å²) < 4.78 is 5.52. The number of carbonyl (C=O) groups is 1. The fourth-order valence-electron chi connectivity index (χ4n) is 2.79. The fraction of sp³-hybridized carbons (Fsp3) is 0.611. The average molecular weight is 320 g/mol. The molecule has 1 amide bonds. The number of piperidine rings is 1. The van der Waals surface area contributed by atoms with E-state index in [0.29, 0.717) is 6.54 Å². The number of nitrogens with one attached hydrogen (secondary N) is 1. The Kier molecular flexibility index (Phi) is 5.88. The number of nitrogens with zero attached hydrogens (tertiary/aromatic N) is 1. The molecule has 1 aliphatic rings. The van der Waals surface area contributed by atoms with Gasteiger partial charge in [-0.3, -0.25) is 0 Å². The van der Waals surface area contributed by atoms with Gasteiger partial charge in [-0.2, -0.15) is 0 Å². The van der Waals surface area contributed by atoms with E-state index < -0.39 is 5.60 Å². The van der Waals surface area contributed by atoms with Crippen molar-refractivity contribution < 1.29 is 14.6 Å². The highest BCUT2D eigenvalue weighted by Crippen LogP contribution is 2.21. The predicted molar refractivity (Wildman–Crippen MR) is 91.4 cm³/mol. The molecule has 23 heavy (non-hydrogen) atoms. The van der Waals surface area contributed by atoms with Crippen LogP contribution in [0.25, 0.3) is 0 Å². The second-order valence-electron chi connectivity index (χ2n) is 7.06. The van der Waals surface area contributed by atoms with E-state index in [1.54, 1.807) is 0 Å². The summed E-state index contributed by atoms with van der Waals surface area (Å²) >= 11 is 0. The zero-order chi connectivity index (χ0) is 16.9. The Morgan fingerprint density at radius 2 is 2.17 bits per heavy atom. The highest BCUT2D eigenvalue weighted by atomic mass is 16.6. The Morgan fingerprint density at radius 3 is 2.87 bits per heavy atom. The van der Waals surface area contributed by atoms with Crippen molar-refractivity contribution in [2.24, 2.45) is 0 Å². The zero-order valence-electron chi connectivity index (χ0n) is 14.3. The molecule has 1 atom stereocenters. The van der Waals surface area contributed by atoms with Gasteiger partial charge in [-0.05, 0) is 57.7 Å². The summed E-state index contributed by atoms with van der Waals surface area (Å²) in [5, 5.41) is 12.6. The summed E-state index contributed by atoms with van der Waals surface area (Å²) in [4.78, 5) is 14.2. The number of amides is 1. The van der Waals surface area contributed by atoms with Crippen molar-refractivity contribution in [2.75, 3.05) is 18.4 Å². The second kappa shape index (κ2) is 7.68. The summed E-state index contributed by atoms with van der Waals surface area (Å²) in [6.45, 7) is 7.14. The first-order valence-electron chi connectivity index (χ1n) is 8.32. The maximum Gasteiger partial charge on any atom is 0.410 e. The van der Waals surface area contributed by atoms with E-state index >= 15 is 0 Å². The van der Waals surface area contributed by atoms with Crippen molar-refractivity contribution in [3.63, 3.8) is 0 Å². The normalized spacial score (nSPS) is 18.6. The third-order valence-corrected chi connectivity index (χ3v) is 3.91. The lowest BCUT2D eigenvalue weighted by molar-refractivity contribution is 0.0114. The molecule has 1 aliphatic heterocycles. The molecule has 1 saturated heterocycles. The molecule has 2 N–H and O–H groups in total. The summed E-state index contributed by atoms with van der Waals surface area (Å²) in [6.07, 6.45) is 2.90. The van der Waals surface area contributed by atoms with Crippen molar-refractivity contribution >= 4 is 11.8 Å². The highest BCUT2D eigenvalue weighted by Gasteiger charge is 2.30. The Balaban J connectivity index is 1.96. The lowest BCUT2D eigenvalue weighted by atomic mass is 10.0. The number of benzene rings is 1. The number of likely N-dealkylation sites (tertiary alicyclic amines) is 1. The molecule has 0 radical (unpaired) electrons. The topological polar surface area (TPSA) is 61.8 Å². The summed E-state index contributed by atoms with van der Waals surface area (Å²) in [5.41, 5.74) is 1.37. The molecule has 0 aromatic heterocycles. The maximum absolute atomic E-state index is 12.4. The van der Waals surface area contributed by atoms with E-state index in [1.165, 1.54) is 0 Å². The summed E-state index contributed by atoms with van der Waals surface area (Å²) in [7, 11) is 0. The maximum atomic E-state index is 12.4. The third-order valence-electron chi connectivity index (χ3n) is 3.91. The van der Waals surface area contributed by atoms with Gasteiger partial charge in [0.15, 0.2) is 0 Å². The number of hydrogen-bond donors (Lipinski definition) is 2. The van der Waals surface area contributed by atoms with Crippen molar-refractivity contribution in [3.8, 4) is 0 Å². The number of hydrogen-bond acceptors (Lipinski definition) is 4.